The SMILES string of the molecule is CC1=C(C(=O)O)C(c2cccc(Cl)c2)C(C(=O)OCCCCC(c2ccccc2)c2ccccc2)=C(C)N1. The Labute approximate surface area is 228 Å². The number of aliphatic carboxylic acids is 1. The predicted octanol–water partition coefficient (Wildman–Crippen LogP) is 7.21. The van der Waals surface area contributed by atoms with Gasteiger partial charge in [-0.1, -0.05) is 84.4 Å². The van der Waals surface area contributed by atoms with Crippen molar-refractivity contribution in [1.82, 2.24) is 5.32 Å². The number of esters is 1. The Morgan fingerprint density at radius 2 is 1.47 bits per heavy atom. The zero-order valence-electron chi connectivity index (χ0n) is 21.6. The molecule has 3 aromatic rings. The minimum atomic E-state index is -1.09. The van der Waals surface area contributed by atoms with Gasteiger partial charge >= 0.3 is 11.9 Å². The molecule has 196 valence electrons. The normalized spacial score (nSPS) is 15.4. The molecule has 1 aliphatic heterocycles. The number of ether oxygens (including phenoxy) is 1. The Balaban J connectivity index is 1.44. The summed E-state index contributed by atoms with van der Waals surface area (Å²) in [6.45, 7) is 3.71. The van der Waals surface area contributed by atoms with Gasteiger partial charge in [-0.15, -0.1) is 0 Å². The molecule has 0 radical (unpaired) electrons. The number of carboxylic acid groups (broad SMARTS) is 1. The third kappa shape index (κ3) is 6.35. The molecule has 0 bridgehead atoms. The molecule has 0 saturated heterocycles. The number of dihydropyridines is 1. The van der Waals surface area contributed by atoms with E-state index in [1.165, 1.54) is 11.1 Å². The third-order valence-corrected chi connectivity index (χ3v) is 7.15. The number of unbranched alkanes of at least 4 members (excludes halogenated alkanes) is 1. The maximum absolute atomic E-state index is 13.3. The molecule has 0 spiro atoms. The van der Waals surface area contributed by atoms with E-state index in [0.717, 1.165) is 12.8 Å². The summed E-state index contributed by atoms with van der Waals surface area (Å²) in [4.78, 5) is 25.5. The lowest BCUT2D eigenvalue weighted by atomic mass is 9.80. The Morgan fingerprint density at radius 1 is 0.868 bits per heavy atom. The van der Waals surface area contributed by atoms with Gasteiger partial charge in [0.05, 0.1) is 23.7 Å². The molecule has 1 aliphatic rings. The second-order valence-corrected chi connectivity index (χ2v) is 9.94. The van der Waals surface area contributed by atoms with E-state index in [1.807, 2.05) is 12.1 Å². The summed E-state index contributed by atoms with van der Waals surface area (Å²) in [6, 6.07) is 27.8. The molecule has 2 N–H and O–H groups in total. The Bertz CT molecular complexity index is 1310. The fourth-order valence-corrected chi connectivity index (χ4v) is 5.36. The minimum absolute atomic E-state index is 0.110. The van der Waals surface area contributed by atoms with Gasteiger partial charge in [-0.2, -0.15) is 0 Å². The molecular formula is C32H32ClNO4. The van der Waals surface area contributed by atoms with Crippen molar-refractivity contribution in [1.29, 1.82) is 0 Å². The molecule has 5 nitrogen and oxygen atoms in total. The highest BCUT2D eigenvalue weighted by Crippen LogP contribution is 2.39. The summed E-state index contributed by atoms with van der Waals surface area (Å²) in [6.07, 6.45) is 2.49. The summed E-state index contributed by atoms with van der Waals surface area (Å²) < 4.78 is 5.71. The van der Waals surface area contributed by atoms with Gasteiger partial charge in [0, 0.05) is 22.3 Å². The van der Waals surface area contributed by atoms with Gasteiger partial charge in [-0.05, 0) is 61.9 Å². The summed E-state index contributed by atoms with van der Waals surface area (Å²) >= 11 is 6.21. The quantitative estimate of drug-likeness (QED) is 0.214. The largest absolute Gasteiger partial charge is 0.478 e. The summed E-state index contributed by atoms with van der Waals surface area (Å²) in [5.41, 5.74) is 4.63. The highest BCUT2D eigenvalue weighted by molar-refractivity contribution is 6.30. The molecule has 0 fully saturated rings. The van der Waals surface area contributed by atoms with Gasteiger partial charge in [-0.25, -0.2) is 9.59 Å². The number of hydrogen-bond acceptors (Lipinski definition) is 4. The highest BCUT2D eigenvalue weighted by atomic mass is 35.5. The monoisotopic (exact) mass is 529 g/mol. The Hall–Kier alpha value is -3.83. The maximum Gasteiger partial charge on any atom is 0.336 e. The molecule has 6 heteroatoms. The first-order valence-electron chi connectivity index (χ1n) is 12.8. The van der Waals surface area contributed by atoms with Crippen molar-refractivity contribution >= 4 is 23.5 Å². The number of carboxylic acids is 1. The van der Waals surface area contributed by atoms with Crippen LogP contribution in [0.25, 0.3) is 0 Å². The number of halogens is 1. The van der Waals surface area contributed by atoms with Crippen molar-refractivity contribution in [3.8, 4) is 0 Å². The second kappa shape index (κ2) is 12.6. The van der Waals surface area contributed by atoms with E-state index in [-0.39, 0.29) is 18.1 Å². The van der Waals surface area contributed by atoms with E-state index < -0.39 is 17.9 Å². The van der Waals surface area contributed by atoms with Crippen molar-refractivity contribution in [3.63, 3.8) is 0 Å². The van der Waals surface area contributed by atoms with Crippen LogP contribution in [0.2, 0.25) is 5.02 Å². The third-order valence-electron chi connectivity index (χ3n) is 6.92. The van der Waals surface area contributed by atoms with E-state index in [1.54, 1.807) is 38.1 Å². The van der Waals surface area contributed by atoms with Gasteiger partial charge in [0.25, 0.3) is 0 Å². The smallest absolute Gasteiger partial charge is 0.336 e. The lowest BCUT2D eigenvalue weighted by Crippen LogP contribution is -2.31. The van der Waals surface area contributed by atoms with Crippen LogP contribution in [0.3, 0.4) is 0 Å². The summed E-state index contributed by atoms with van der Waals surface area (Å²) in [5, 5.41) is 13.5. The van der Waals surface area contributed by atoms with Crippen LogP contribution in [0, 0.1) is 0 Å². The molecule has 0 amide bonds. The standard InChI is InChI=1S/C32H32ClNO4/c1-21-28(31(35)36)30(25-16-11-17-26(33)20-25)29(22(2)34-21)32(37)38-19-10-9-18-27(23-12-5-3-6-13-23)24-14-7-4-8-15-24/h3-8,11-17,20,27,30,34H,9-10,18-19H2,1-2H3,(H,35,36). The molecule has 0 aliphatic carbocycles. The minimum Gasteiger partial charge on any atom is -0.478 e. The van der Waals surface area contributed by atoms with Crippen molar-refractivity contribution in [2.24, 2.45) is 0 Å². The van der Waals surface area contributed by atoms with E-state index in [0.29, 0.717) is 34.0 Å². The van der Waals surface area contributed by atoms with Crippen LogP contribution >= 0.6 is 11.6 Å². The van der Waals surface area contributed by atoms with E-state index in [4.69, 9.17) is 16.3 Å². The fourth-order valence-electron chi connectivity index (χ4n) is 5.16. The first-order chi connectivity index (χ1) is 18.4. The number of nitrogens with one attached hydrogen (secondary N) is 1. The molecular weight excluding hydrogens is 498 g/mol. The van der Waals surface area contributed by atoms with Crippen LogP contribution in [-0.2, 0) is 14.3 Å². The van der Waals surface area contributed by atoms with Crippen LogP contribution in [0.15, 0.2) is 107 Å². The second-order valence-electron chi connectivity index (χ2n) is 9.50. The van der Waals surface area contributed by atoms with Crippen LogP contribution in [-0.4, -0.2) is 23.7 Å². The van der Waals surface area contributed by atoms with E-state index in [9.17, 15) is 14.7 Å². The number of carbonyl (C=O) groups is 2. The van der Waals surface area contributed by atoms with Gasteiger partial charge in [0.1, 0.15) is 0 Å². The van der Waals surface area contributed by atoms with Gasteiger partial charge in [-0.3, -0.25) is 0 Å². The number of rotatable bonds is 10. The lowest BCUT2D eigenvalue weighted by molar-refractivity contribution is -0.139. The number of hydrogen-bond donors (Lipinski definition) is 2. The van der Waals surface area contributed by atoms with Gasteiger partial charge in [0.2, 0.25) is 0 Å². The van der Waals surface area contributed by atoms with Crippen LogP contribution in [0.4, 0.5) is 0 Å². The molecule has 1 heterocycles. The van der Waals surface area contributed by atoms with Gasteiger partial charge < -0.3 is 15.2 Å². The summed E-state index contributed by atoms with van der Waals surface area (Å²) in [7, 11) is 0. The Morgan fingerprint density at radius 3 is 2.05 bits per heavy atom. The van der Waals surface area contributed by atoms with Crippen LogP contribution < -0.4 is 5.32 Å². The van der Waals surface area contributed by atoms with Crippen LogP contribution in [0.5, 0.6) is 0 Å². The predicted molar refractivity (Wildman–Crippen MR) is 150 cm³/mol. The molecule has 0 aromatic heterocycles. The molecule has 3 aromatic carbocycles. The number of allylic oxidation sites excluding steroid dienone is 2. The topological polar surface area (TPSA) is 75.6 Å². The zero-order chi connectivity index (χ0) is 27.1. The van der Waals surface area contributed by atoms with E-state index >= 15 is 0 Å². The maximum atomic E-state index is 13.3. The van der Waals surface area contributed by atoms with Crippen LogP contribution in [0.1, 0.15) is 61.6 Å². The van der Waals surface area contributed by atoms with Crippen molar-refractivity contribution in [3.05, 3.63) is 129 Å². The lowest BCUT2D eigenvalue weighted by Gasteiger charge is -2.29. The van der Waals surface area contributed by atoms with E-state index in [2.05, 4.69) is 53.8 Å². The molecule has 1 atom stereocenters. The van der Waals surface area contributed by atoms with Crippen molar-refractivity contribution < 1.29 is 19.4 Å². The average molecular weight is 530 g/mol. The first kappa shape index (κ1) is 27.2. The highest BCUT2D eigenvalue weighted by Gasteiger charge is 2.37. The Kier molecular flexibility index (Phi) is 9.03. The summed E-state index contributed by atoms with van der Waals surface area (Å²) in [5.74, 6) is -2.13. The fraction of sp³-hybridized carbons (Fsp3) is 0.250. The van der Waals surface area contributed by atoms with Crippen molar-refractivity contribution in [2.75, 3.05) is 6.61 Å². The zero-order valence-corrected chi connectivity index (χ0v) is 22.4. The molecule has 1 unspecified atom stereocenters. The van der Waals surface area contributed by atoms with Crippen molar-refractivity contribution in [2.45, 2.75) is 44.9 Å². The van der Waals surface area contributed by atoms with Gasteiger partial charge in [0.15, 0.2) is 0 Å². The number of benzene rings is 3. The number of carbonyl (C=O) groups excluding carboxylic acids is 1. The average Bonchev–Trinajstić information content (AvgIpc) is 2.91. The first-order valence-corrected chi connectivity index (χ1v) is 13.2. The molecule has 4 rings (SSSR count). The molecule has 38 heavy (non-hydrogen) atoms. The molecule has 0 saturated carbocycles.